The lowest BCUT2D eigenvalue weighted by Crippen LogP contribution is -2.40. The van der Waals surface area contributed by atoms with Gasteiger partial charge in [-0.3, -0.25) is 14.5 Å². The summed E-state index contributed by atoms with van der Waals surface area (Å²) in [4.78, 5) is 31.1. The summed E-state index contributed by atoms with van der Waals surface area (Å²) in [7, 11) is 0. The molecule has 1 aromatic heterocycles. The van der Waals surface area contributed by atoms with Crippen molar-refractivity contribution in [3.63, 3.8) is 0 Å². The van der Waals surface area contributed by atoms with Gasteiger partial charge >= 0.3 is 0 Å². The smallest absolute Gasteiger partial charge is 0.266 e. The van der Waals surface area contributed by atoms with Crippen LogP contribution in [0.1, 0.15) is 36.5 Å². The normalized spacial score (nSPS) is 16.0. The highest BCUT2D eigenvalue weighted by Crippen LogP contribution is 2.30. The van der Waals surface area contributed by atoms with Crippen molar-refractivity contribution >= 4 is 38.4 Å². The van der Waals surface area contributed by atoms with Gasteiger partial charge < -0.3 is 9.47 Å². The number of ether oxygens (including phenoxy) is 2. The zero-order valence-corrected chi connectivity index (χ0v) is 17.7. The maximum atomic E-state index is 13.1. The van der Waals surface area contributed by atoms with Gasteiger partial charge in [-0.25, -0.2) is 4.98 Å². The van der Waals surface area contributed by atoms with Gasteiger partial charge in [-0.15, -0.1) is 0 Å². The standard InChI is InChI=1S/C23H24N2O4S/c1-2-20(26)16-9-11-17(12-10-16)29-15-22(27)25(14-18-6-5-13-28-18)23-24-19-7-3-4-8-21(19)30-23/h3-4,7-12,18H,2,5-6,13-15H2,1H3/t18-/m0/s1. The summed E-state index contributed by atoms with van der Waals surface area (Å²) in [6.45, 7) is 2.91. The number of carbonyl (C=O) groups excluding carboxylic acids is 2. The van der Waals surface area contributed by atoms with Gasteiger partial charge in [0.1, 0.15) is 5.75 Å². The number of Topliss-reactive ketones (excluding diaryl/α,β-unsaturated/α-hetero) is 1. The van der Waals surface area contributed by atoms with E-state index < -0.39 is 0 Å². The Morgan fingerprint density at radius 2 is 2.00 bits per heavy atom. The SMILES string of the molecule is CCC(=O)c1ccc(OCC(=O)N(C[C@@H]2CCCO2)c2nc3ccccc3s2)cc1. The van der Waals surface area contributed by atoms with E-state index >= 15 is 0 Å². The number of hydrogen-bond acceptors (Lipinski definition) is 6. The van der Waals surface area contributed by atoms with Crippen molar-refractivity contribution < 1.29 is 19.1 Å². The molecule has 0 aliphatic carbocycles. The summed E-state index contributed by atoms with van der Waals surface area (Å²) in [5.74, 6) is 0.465. The van der Waals surface area contributed by atoms with E-state index in [1.54, 1.807) is 29.2 Å². The van der Waals surface area contributed by atoms with E-state index in [4.69, 9.17) is 9.47 Å². The quantitative estimate of drug-likeness (QED) is 0.499. The molecule has 0 spiro atoms. The van der Waals surface area contributed by atoms with Crippen molar-refractivity contribution in [3.05, 3.63) is 54.1 Å². The van der Waals surface area contributed by atoms with Crippen molar-refractivity contribution in [2.45, 2.75) is 32.3 Å². The van der Waals surface area contributed by atoms with Crippen LogP contribution in [0.15, 0.2) is 48.5 Å². The van der Waals surface area contributed by atoms with Gasteiger partial charge in [0, 0.05) is 18.6 Å². The fraction of sp³-hybridized carbons (Fsp3) is 0.348. The second-order valence-corrected chi connectivity index (χ2v) is 8.20. The number of ketones is 1. The molecule has 1 aliphatic heterocycles. The number of rotatable bonds is 8. The van der Waals surface area contributed by atoms with Crippen molar-refractivity contribution in [1.29, 1.82) is 0 Å². The van der Waals surface area contributed by atoms with Crippen molar-refractivity contribution in [2.75, 3.05) is 24.7 Å². The molecule has 0 bridgehead atoms. The Balaban J connectivity index is 1.48. The number of hydrogen-bond donors (Lipinski definition) is 0. The van der Waals surface area contributed by atoms with Gasteiger partial charge in [0.05, 0.1) is 22.9 Å². The number of carbonyl (C=O) groups is 2. The fourth-order valence-electron chi connectivity index (χ4n) is 3.42. The van der Waals surface area contributed by atoms with Crippen LogP contribution in [-0.4, -0.2) is 42.5 Å². The molecule has 0 radical (unpaired) electrons. The van der Waals surface area contributed by atoms with Crippen molar-refractivity contribution in [3.8, 4) is 5.75 Å². The van der Waals surface area contributed by atoms with Gasteiger partial charge in [-0.1, -0.05) is 30.4 Å². The lowest BCUT2D eigenvalue weighted by atomic mass is 10.1. The number of para-hydroxylation sites is 1. The second-order valence-electron chi connectivity index (χ2n) is 7.19. The fourth-order valence-corrected chi connectivity index (χ4v) is 4.41. The number of thiazole rings is 1. The third-order valence-corrected chi connectivity index (χ3v) is 6.14. The Bertz CT molecular complexity index is 992. The third-order valence-electron chi connectivity index (χ3n) is 5.08. The molecule has 0 unspecified atom stereocenters. The molecule has 30 heavy (non-hydrogen) atoms. The molecule has 6 nitrogen and oxygen atoms in total. The topological polar surface area (TPSA) is 68.7 Å². The highest BCUT2D eigenvalue weighted by molar-refractivity contribution is 7.22. The number of nitrogens with zero attached hydrogens (tertiary/aromatic N) is 2. The zero-order chi connectivity index (χ0) is 20.9. The van der Waals surface area contributed by atoms with Crippen LogP contribution in [0.3, 0.4) is 0 Å². The van der Waals surface area contributed by atoms with Crippen LogP contribution in [0.25, 0.3) is 10.2 Å². The van der Waals surface area contributed by atoms with Crippen LogP contribution in [0.5, 0.6) is 5.75 Å². The van der Waals surface area contributed by atoms with Crippen LogP contribution in [0, 0.1) is 0 Å². The Labute approximate surface area is 179 Å². The molecule has 0 N–H and O–H groups in total. The minimum Gasteiger partial charge on any atom is -0.484 e. The molecule has 1 fully saturated rings. The summed E-state index contributed by atoms with van der Waals surface area (Å²) < 4.78 is 12.5. The maximum Gasteiger partial charge on any atom is 0.266 e. The van der Waals surface area contributed by atoms with Crippen LogP contribution >= 0.6 is 11.3 Å². The van der Waals surface area contributed by atoms with Crippen molar-refractivity contribution in [1.82, 2.24) is 4.98 Å². The third kappa shape index (κ3) is 4.68. The van der Waals surface area contributed by atoms with Crippen LogP contribution in [0.2, 0.25) is 0 Å². The molecule has 1 atom stereocenters. The summed E-state index contributed by atoms with van der Waals surface area (Å²) >= 11 is 1.49. The lowest BCUT2D eigenvalue weighted by Gasteiger charge is -2.23. The Hall–Kier alpha value is -2.77. The van der Waals surface area contributed by atoms with Gasteiger partial charge in [0.2, 0.25) is 0 Å². The molecule has 1 amide bonds. The number of aromatic nitrogens is 1. The first-order valence-corrected chi connectivity index (χ1v) is 11.0. The predicted molar refractivity (Wildman–Crippen MR) is 118 cm³/mol. The minimum absolute atomic E-state index is 0.0142. The second kappa shape index (κ2) is 9.36. The molecule has 2 aromatic carbocycles. The van der Waals surface area contributed by atoms with Gasteiger partial charge in [0.25, 0.3) is 5.91 Å². The van der Waals surface area contributed by atoms with E-state index in [9.17, 15) is 9.59 Å². The first kappa shape index (κ1) is 20.5. The number of amides is 1. The van der Waals surface area contributed by atoms with Gasteiger partial charge in [-0.2, -0.15) is 0 Å². The van der Waals surface area contributed by atoms with E-state index in [1.165, 1.54) is 11.3 Å². The molecular weight excluding hydrogens is 400 g/mol. The molecule has 1 aliphatic rings. The van der Waals surface area contributed by atoms with Crippen LogP contribution in [0.4, 0.5) is 5.13 Å². The number of benzene rings is 2. The lowest BCUT2D eigenvalue weighted by molar-refractivity contribution is -0.120. The van der Waals surface area contributed by atoms with Crippen LogP contribution in [-0.2, 0) is 9.53 Å². The first-order chi connectivity index (χ1) is 14.6. The summed E-state index contributed by atoms with van der Waals surface area (Å²) in [5.41, 5.74) is 1.52. The molecule has 7 heteroatoms. The summed E-state index contributed by atoms with van der Waals surface area (Å²) in [6.07, 6.45) is 2.41. The number of fused-ring (bicyclic) bond motifs is 1. The Kier molecular flexibility index (Phi) is 6.40. The van der Waals surface area contributed by atoms with Gasteiger partial charge in [0.15, 0.2) is 17.5 Å². The summed E-state index contributed by atoms with van der Waals surface area (Å²) in [5, 5.41) is 0.657. The molecule has 0 saturated carbocycles. The predicted octanol–water partition coefficient (Wildman–Crippen LogP) is 4.48. The molecule has 156 valence electrons. The number of anilines is 1. The Morgan fingerprint density at radius 3 is 2.70 bits per heavy atom. The van der Waals surface area contributed by atoms with E-state index in [0.29, 0.717) is 29.4 Å². The van der Waals surface area contributed by atoms with E-state index in [-0.39, 0.29) is 24.4 Å². The molecule has 1 saturated heterocycles. The first-order valence-electron chi connectivity index (χ1n) is 10.2. The Morgan fingerprint density at radius 1 is 1.20 bits per heavy atom. The minimum atomic E-state index is -0.168. The maximum absolute atomic E-state index is 13.1. The summed E-state index contributed by atoms with van der Waals surface area (Å²) in [6, 6.07) is 14.7. The molecular formula is C23H24N2O4S. The zero-order valence-electron chi connectivity index (χ0n) is 16.9. The average molecular weight is 425 g/mol. The van der Waals surface area contributed by atoms with E-state index in [2.05, 4.69) is 4.98 Å². The molecule has 2 heterocycles. The highest BCUT2D eigenvalue weighted by Gasteiger charge is 2.26. The van der Waals surface area contributed by atoms with Gasteiger partial charge in [-0.05, 0) is 49.2 Å². The highest BCUT2D eigenvalue weighted by atomic mass is 32.1. The van der Waals surface area contributed by atoms with Crippen molar-refractivity contribution in [2.24, 2.45) is 0 Å². The monoisotopic (exact) mass is 424 g/mol. The van der Waals surface area contributed by atoms with E-state index in [1.807, 2.05) is 31.2 Å². The van der Waals surface area contributed by atoms with Crippen LogP contribution < -0.4 is 9.64 Å². The van der Waals surface area contributed by atoms with E-state index in [0.717, 1.165) is 29.7 Å². The average Bonchev–Trinajstić information content (AvgIpc) is 3.45. The molecule has 3 aromatic rings. The molecule has 4 rings (SSSR count). The largest absolute Gasteiger partial charge is 0.484 e.